The zero-order valence-electron chi connectivity index (χ0n) is 17.6. The number of benzene rings is 1. The van der Waals surface area contributed by atoms with Crippen LogP contribution in [0.25, 0.3) is 11.7 Å². The van der Waals surface area contributed by atoms with Crippen molar-refractivity contribution in [3.05, 3.63) is 75.0 Å². The van der Waals surface area contributed by atoms with Crippen molar-refractivity contribution in [1.82, 2.24) is 14.3 Å². The Morgan fingerprint density at radius 2 is 1.81 bits per heavy atom. The molecule has 1 aromatic carbocycles. The van der Waals surface area contributed by atoms with E-state index in [1.54, 1.807) is 31.4 Å². The van der Waals surface area contributed by atoms with E-state index < -0.39 is 0 Å². The van der Waals surface area contributed by atoms with E-state index in [2.05, 4.69) is 25.8 Å². The van der Waals surface area contributed by atoms with Gasteiger partial charge in [0.2, 0.25) is 5.88 Å². The van der Waals surface area contributed by atoms with Gasteiger partial charge in [0.15, 0.2) is 0 Å². The molecule has 1 aliphatic rings. The highest BCUT2D eigenvalue weighted by Crippen LogP contribution is 2.33. The van der Waals surface area contributed by atoms with Crippen LogP contribution in [-0.2, 0) is 10.2 Å². The Balaban J connectivity index is 1.82. The predicted molar refractivity (Wildman–Crippen MR) is 128 cm³/mol. The number of nitrogens with zero attached hydrogens (tertiary/aromatic N) is 3. The topological polar surface area (TPSA) is 63.9 Å². The number of amides is 1. The second-order valence-electron chi connectivity index (χ2n) is 8.18. The molecule has 3 heterocycles. The number of aromatic nitrogens is 2. The summed E-state index contributed by atoms with van der Waals surface area (Å²) in [6.07, 6.45) is 3.14. The van der Waals surface area contributed by atoms with Crippen molar-refractivity contribution in [3.8, 4) is 11.6 Å². The average molecular weight is 452 g/mol. The van der Waals surface area contributed by atoms with Crippen molar-refractivity contribution in [2.24, 2.45) is 0 Å². The van der Waals surface area contributed by atoms with Crippen LogP contribution in [0.4, 0.5) is 0 Å². The number of hydrogen-bond acceptors (Lipinski definition) is 6. The minimum Gasteiger partial charge on any atom is -0.438 e. The molecule has 0 N–H and O–H groups in total. The van der Waals surface area contributed by atoms with E-state index in [4.69, 9.17) is 17.0 Å². The standard InChI is InChI=1S/C23H21N3O3S2/c1-23(2,3)14-8-10-15(11-9-14)29-19-16(13-17-21(28)25(4)22(30)31-17)20(27)26-12-6-5-7-18(26)24-19/h5-13H,1-4H3/b17-13-. The normalized spacial score (nSPS) is 15.9. The van der Waals surface area contributed by atoms with Gasteiger partial charge in [-0.3, -0.25) is 18.9 Å². The number of ether oxygens (including phenoxy) is 1. The zero-order valence-corrected chi connectivity index (χ0v) is 19.2. The molecule has 0 saturated carbocycles. The van der Waals surface area contributed by atoms with Crippen LogP contribution in [0.15, 0.2) is 58.4 Å². The minimum atomic E-state index is -0.326. The molecule has 0 aliphatic carbocycles. The highest BCUT2D eigenvalue weighted by molar-refractivity contribution is 8.26. The van der Waals surface area contributed by atoms with Crippen LogP contribution in [0.3, 0.4) is 0 Å². The van der Waals surface area contributed by atoms with Crippen LogP contribution in [0.2, 0.25) is 0 Å². The van der Waals surface area contributed by atoms with E-state index in [1.807, 2.05) is 24.3 Å². The molecular weight excluding hydrogens is 430 g/mol. The third kappa shape index (κ3) is 4.13. The fourth-order valence-corrected chi connectivity index (χ4v) is 4.26. The van der Waals surface area contributed by atoms with Gasteiger partial charge in [0.25, 0.3) is 11.5 Å². The number of carbonyl (C=O) groups is 1. The first-order valence-electron chi connectivity index (χ1n) is 9.66. The summed E-state index contributed by atoms with van der Waals surface area (Å²) in [5.74, 6) is 0.437. The van der Waals surface area contributed by atoms with E-state index in [-0.39, 0.29) is 28.3 Å². The van der Waals surface area contributed by atoms with E-state index >= 15 is 0 Å². The molecule has 31 heavy (non-hydrogen) atoms. The highest BCUT2D eigenvalue weighted by atomic mass is 32.2. The van der Waals surface area contributed by atoms with Crippen molar-refractivity contribution in [1.29, 1.82) is 0 Å². The first kappa shape index (κ1) is 21.3. The summed E-state index contributed by atoms with van der Waals surface area (Å²) in [7, 11) is 1.61. The predicted octanol–water partition coefficient (Wildman–Crippen LogP) is 4.62. The van der Waals surface area contributed by atoms with Gasteiger partial charge in [-0.1, -0.05) is 63.0 Å². The molecule has 8 heteroatoms. The van der Waals surface area contributed by atoms with Gasteiger partial charge < -0.3 is 4.74 Å². The third-order valence-corrected chi connectivity index (χ3v) is 6.42. The fraction of sp³-hybridized carbons (Fsp3) is 0.217. The second kappa shape index (κ2) is 7.94. The van der Waals surface area contributed by atoms with E-state index in [1.165, 1.54) is 20.9 Å². The van der Waals surface area contributed by atoms with E-state index in [9.17, 15) is 9.59 Å². The van der Waals surface area contributed by atoms with Crippen LogP contribution in [0.5, 0.6) is 11.6 Å². The van der Waals surface area contributed by atoms with Crippen LogP contribution in [0.1, 0.15) is 31.9 Å². The molecule has 3 aromatic rings. The summed E-state index contributed by atoms with van der Waals surface area (Å²) in [5.41, 5.74) is 1.50. The Morgan fingerprint density at radius 3 is 2.42 bits per heavy atom. The summed E-state index contributed by atoms with van der Waals surface area (Å²) < 4.78 is 7.89. The first-order valence-corrected chi connectivity index (χ1v) is 10.9. The van der Waals surface area contributed by atoms with Gasteiger partial charge in [0, 0.05) is 13.2 Å². The summed E-state index contributed by atoms with van der Waals surface area (Å²) in [6, 6.07) is 13.0. The molecule has 1 aliphatic heterocycles. The van der Waals surface area contributed by atoms with Crippen molar-refractivity contribution in [3.63, 3.8) is 0 Å². The lowest BCUT2D eigenvalue weighted by Crippen LogP contribution is -2.23. The maximum atomic E-state index is 13.2. The minimum absolute atomic E-state index is 0.0125. The maximum absolute atomic E-state index is 13.2. The van der Waals surface area contributed by atoms with Gasteiger partial charge in [-0.2, -0.15) is 4.98 Å². The van der Waals surface area contributed by atoms with Crippen molar-refractivity contribution in [2.45, 2.75) is 26.2 Å². The monoisotopic (exact) mass is 451 g/mol. The van der Waals surface area contributed by atoms with Crippen molar-refractivity contribution >= 4 is 45.9 Å². The van der Waals surface area contributed by atoms with Crippen LogP contribution >= 0.6 is 24.0 Å². The summed E-state index contributed by atoms with van der Waals surface area (Å²) in [6.45, 7) is 6.41. The quantitative estimate of drug-likeness (QED) is 0.428. The van der Waals surface area contributed by atoms with Crippen molar-refractivity contribution < 1.29 is 9.53 Å². The lowest BCUT2D eigenvalue weighted by atomic mass is 9.87. The maximum Gasteiger partial charge on any atom is 0.269 e. The van der Waals surface area contributed by atoms with Crippen LogP contribution in [-0.4, -0.2) is 31.6 Å². The largest absolute Gasteiger partial charge is 0.438 e. The number of hydrogen-bond donors (Lipinski definition) is 0. The molecule has 158 valence electrons. The van der Waals surface area contributed by atoms with Crippen molar-refractivity contribution in [2.75, 3.05) is 7.05 Å². The lowest BCUT2D eigenvalue weighted by molar-refractivity contribution is -0.121. The fourth-order valence-electron chi connectivity index (χ4n) is 3.09. The first-order chi connectivity index (χ1) is 14.6. The molecule has 6 nitrogen and oxygen atoms in total. The smallest absolute Gasteiger partial charge is 0.269 e. The van der Waals surface area contributed by atoms with E-state index in [0.29, 0.717) is 20.6 Å². The molecule has 1 amide bonds. The molecule has 2 aromatic heterocycles. The molecule has 0 radical (unpaired) electrons. The van der Waals surface area contributed by atoms with Gasteiger partial charge in [-0.15, -0.1) is 0 Å². The number of thiocarbonyl (C=S) groups is 1. The average Bonchev–Trinajstić information content (AvgIpc) is 2.97. The number of thioether (sulfide) groups is 1. The molecule has 4 rings (SSSR count). The number of pyridine rings is 1. The zero-order chi connectivity index (χ0) is 22.3. The molecule has 1 saturated heterocycles. The summed E-state index contributed by atoms with van der Waals surface area (Å²) in [5, 5.41) is 0. The number of carbonyl (C=O) groups excluding carboxylic acids is 1. The molecule has 0 spiro atoms. The molecule has 1 fully saturated rings. The van der Waals surface area contributed by atoms with Crippen LogP contribution < -0.4 is 10.3 Å². The SMILES string of the molecule is CN1C(=O)/C(=C/c2c(Oc3ccc(C(C)(C)C)cc3)nc3ccccn3c2=O)SC1=S. The van der Waals surface area contributed by atoms with Gasteiger partial charge in [0.05, 0.1) is 4.91 Å². The Labute approximate surface area is 189 Å². The van der Waals surface area contributed by atoms with Gasteiger partial charge in [0.1, 0.15) is 21.3 Å². The molecule has 0 unspecified atom stereocenters. The van der Waals surface area contributed by atoms with Crippen LogP contribution in [0, 0.1) is 0 Å². The van der Waals surface area contributed by atoms with E-state index in [0.717, 1.165) is 11.8 Å². The third-order valence-electron chi connectivity index (χ3n) is 4.93. The van der Waals surface area contributed by atoms with Gasteiger partial charge in [-0.25, -0.2) is 0 Å². The Hall–Kier alpha value is -2.97. The Kier molecular flexibility index (Phi) is 5.45. The molecule has 0 bridgehead atoms. The Morgan fingerprint density at radius 1 is 1.10 bits per heavy atom. The number of likely N-dealkylation sites (N-methyl/N-ethyl adjacent to an activating group) is 1. The summed E-state index contributed by atoms with van der Waals surface area (Å²) >= 11 is 6.35. The Bertz CT molecular complexity index is 1290. The van der Waals surface area contributed by atoms with Gasteiger partial charge >= 0.3 is 0 Å². The lowest BCUT2D eigenvalue weighted by Gasteiger charge is -2.19. The second-order valence-corrected chi connectivity index (χ2v) is 9.86. The number of rotatable bonds is 3. The molecular formula is C23H21N3O3S2. The van der Waals surface area contributed by atoms with Gasteiger partial charge in [-0.05, 0) is 41.3 Å². The summed E-state index contributed by atoms with van der Waals surface area (Å²) in [4.78, 5) is 32.0. The number of fused-ring (bicyclic) bond motifs is 1. The molecule has 0 atom stereocenters. The highest BCUT2D eigenvalue weighted by Gasteiger charge is 2.30.